The molecule has 3 heterocycles. The van der Waals surface area contributed by atoms with Crippen molar-refractivity contribution in [2.45, 2.75) is 13.0 Å². The average Bonchev–Trinajstić information content (AvgIpc) is 2.99. The minimum atomic E-state index is -0.305. The predicted octanol–water partition coefficient (Wildman–Crippen LogP) is 0.699. The van der Waals surface area contributed by atoms with Crippen LogP contribution in [0.2, 0.25) is 0 Å². The van der Waals surface area contributed by atoms with Gasteiger partial charge in [-0.15, -0.1) is 0 Å². The molecular formula is C18H22N6O2. The molecule has 1 fully saturated rings. The first-order valence-corrected chi connectivity index (χ1v) is 8.41. The van der Waals surface area contributed by atoms with Crippen molar-refractivity contribution in [3.05, 3.63) is 36.3 Å². The number of carbonyl (C=O) groups excluding carboxylic acids is 2. The van der Waals surface area contributed by atoms with Crippen molar-refractivity contribution >= 4 is 17.6 Å². The van der Waals surface area contributed by atoms with Crippen LogP contribution in [0.3, 0.4) is 0 Å². The molecule has 3 rings (SSSR count). The lowest BCUT2D eigenvalue weighted by Crippen LogP contribution is -2.32. The molecule has 1 atom stereocenters. The first-order chi connectivity index (χ1) is 12.4. The summed E-state index contributed by atoms with van der Waals surface area (Å²) in [5, 5.41) is 2.88. The number of likely N-dealkylation sites (tertiary alicyclic amines) is 1. The number of hydrogen-bond acceptors (Lipinski definition) is 6. The molecule has 0 bridgehead atoms. The molecule has 0 radical (unpaired) electrons. The fourth-order valence-electron chi connectivity index (χ4n) is 2.79. The van der Waals surface area contributed by atoms with E-state index in [1.165, 1.54) is 0 Å². The highest BCUT2D eigenvalue weighted by Gasteiger charge is 2.31. The van der Waals surface area contributed by atoms with Gasteiger partial charge in [-0.3, -0.25) is 14.6 Å². The van der Waals surface area contributed by atoms with Gasteiger partial charge >= 0.3 is 0 Å². The van der Waals surface area contributed by atoms with Gasteiger partial charge in [0.1, 0.15) is 5.82 Å². The van der Waals surface area contributed by atoms with Crippen LogP contribution in [0.4, 0.5) is 5.82 Å². The Bertz CT molecular complexity index is 809. The second-order valence-electron chi connectivity index (χ2n) is 6.57. The molecule has 1 saturated heterocycles. The van der Waals surface area contributed by atoms with E-state index in [2.05, 4.69) is 20.3 Å². The van der Waals surface area contributed by atoms with Crippen LogP contribution in [0, 0.1) is 5.92 Å². The molecule has 1 aliphatic rings. The van der Waals surface area contributed by atoms with E-state index in [0.717, 1.165) is 11.4 Å². The van der Waals surface area contributed by atoms with Gasteiger partial charge in [0.05, 0.1) is 18.2 Å². The Hall–Kier alpha value is -3.03. The molecule has 1 aliphatic heterocycles. The summed E-state index contributed by atoms with van der Waals surface area (Å²) in [7, 11) is 5.51. The second kappa shape index (κ2) is 7.47. The van der Waals surface area contributed by atoms with Crippen LogP contribution >= 0.6 is 0 Å². The van der Waals surface area contributed by atoms with Gasteiger partial charge in [0, 0.05) is 58.1 Å². The van der Waals surface area contributed by atoms with Crippen molar-refractivity contribution in [2.24, 2.45) is 5.92 Å². The number of pyridine rings is 1. The molecule has 1 N–H and O–H groups in total. The summed E-state index contributed by atoms with van der Waals surface area (Å²) in [5.74, 6) is 0.875. The monoisotopic (exact) mass is 354 g/mol. The molecule has 0 saturated carbocycles. The highest BCUT2D eigenvalue weighted by molar-refractivity contribution is 5.89. The molecular weight excluding hydrogens is 332 g/mol. The van der Waals surface area contributed by atoms with Crippen molar-refractivity contribution in [1.82, 2.24) is 25.2 Å². The van der Waals surface area contributed by atoms with Crippen molar-refractivity contribution in [2.75, 3.05) is 32.6 Å². The maximum Gasteiger partial charge on any atom is 0.225 e. The average molecular weight is 354 g/mol. The van der Waals surface area contributed by atoms with Gasteiger partial charge in [-0.25, -0.2) is 9.97 Å². The fraction of sp³-hybridized carbons (Fsp3) is 0.389. The third-order valence-corrected chi connectivity index (χ3v) is 4.30. The number of anilines is 1. The van der Waals surface area contributed by atoms with Crippen LogP contribution in [-0.4, -0.2) is 59.4 Å². The topological polar surface area (TPSA) is 91.3 Å². The zero-order valence-electron chi connectivity index (χ0n) is 15.1. The Morgan fingerprint density at radius 2 is 2.19 bits per heavy atom. The zero-order chi connectivity index (χ0) is 18.7. The molecule has 0 aliphatic carbocycles. The summed E-state index contributed by atoms with van der Waals surface area (Å²) in [6.07, 6.45) is 3.66. The van der Waals surface area contributed by atoms with Crippen LogP contribution < -0.4 is 10.2 Å². The van der Waals surface area contributed by atoms with Crippen LogP contribution in [0.1, 0.15) is 12.1 Å². The Balaban J connectivity index is 1.76. The van der Waals surface area contributed by atoms with Gasteiger partial charge in [-0.05, 0) is 12.1 Å². The van der Waals surface area contributed by atoms with E-state index in [4.69, 9.17) is 0 Å². The Morgan fingerprint density at radius 1 is 1.38 bits per heavy atom. The molecule has 0 spiro atoms. The van der Waals surface area contributed by atoms with Crippen molar-refractivity contribution < 1.29 is 9.59 Å². The number of hydrogen-bond donors (Lipinski definition) is 1. The quantitative estimate of drug-likeness (QED) is 0.850. The van der Waals surface area contributed by atoms with Crippen LogP contribution in [0.5, 0.6) is 0 Å². The van der Waals surface area contributed by atoms with Crippen LogP contribution in [0.15, 0.2) is 30.6 Å². The SMILES string of the molecule is CN1CC(C(=O)NCc2cc(N(C)C)nc(-c3cccnc3)n2)CC1=O. The maximum absolute atomic E-state index is 12.3. The lowest BCUT2D eigenvalue weighted by Gasteiger charge is -2.15. The predicted molar refractivity (Wildman–Crippen MR) is 97.2 cm³/mol. The van der Waals surface area contributed by atoms with Crippen LogP contribution in [-0.2, 0) is 16.1 Å². The van der Waals surface area contributed by atoms with E-state index >= 15 is 0 Å². The normalized spacial score (nSPS) is 16.7. The molecule has 26 heavy (non-hydrogen) atoms. The highest BCUT2D eigenvalue weighted by atomic mass is 16.2. The number of nitrogens with one attached hydrogen (secondary N) is 1. The zero-order valence-corrected chi connectivity index (χ0v) is 15.1. The Morgan fingerprint density at radius 3 is 2.81 bits per heavy atom. The van der Waals surface area contributed by atoms with E-state index in [0.29, 0.717) is 18.1 Å². The number of amides is 2. The molecule has 0 aromatic carbocycles. The minimum Gasteiger partial charge on any atom is -0.363 e. The molecule has 8 heteroatoms. The molecule has 2 aromatic rings. The number of carbonyl (C=O) groups is 2. The van der Waals surface area contributed by atoms with E-state index in [-0.39, 0.29) is 30.7 Å². The highest BCUT2D eigenvalue weighted by Crippen LogP contribution is 2.19. The third-order valence-electron chi connectivity index (χ3n) is 4.30. The lowest BCUT2D eigenvalue weighted by molar-refractivity contribution is -0.128. The standard InChI is InChI=1S/C18H22N6O2/c1-23(2)15-8-14(21-17(22-15)12-5-4-6-19-9-12)10-20-18(26)13-7-16(25)24(3)11-13/h4-6,8-9,13H,7,10-11H2,1-3H3,(H,20,26). The van der Waals surface area contributed by atoms with Crippen molar-refractivity contribution in [3.8, 4) is 11.4 Å². The summed E-state index contributed by atoms with van der Waals surface area (Å²) in [5.41, 5.74) is 1.51. The maximum atomic E-state index is 12.3. The summed E-state index contributed by atoms with van der Waals surface area (Å²) < 4.78 is 0. The lowest BCUT2D eigenvalue weighted by atomic mass is 10.1. The third kappa shape index (κ3) is 3.96. The molecule has 2 aromatic heterocycles. The van der Waals surface area contributed by atoms with Crippen molar-refractivity contribution in [3.63, 3.8) is 0 Å². The number of aromatic nitrogens is 3. The molecule has 2 amide bonds. The molecule has 1 unspecified atom stereocenters. The molecule has 136 valence electrons. The second-order valence-corrected chi connectivity index (χ2v) is 6.57. The summed E-state index contributed by atoms with van der Waals surface area (Å²) in [6, 6.07) is 5.56. The number of rotatable bonds is 5. The first-order valence-electron chi connectivity index (χ1n) is 8.41. The van der Waals surface area contributed by atoms with Gasteiger partial charge in [0.2, 0.25) is 11.8 Å². The Kier molecular flexibility index (Phi) is 5.11. The minimum absolute atomic E-state index is 0.000874. The first kappa shape index (κ1) is 17.8. The van der Waals surface area contributed by atoms with Gasteiger partial charge in [-0.2, -0.15) is 0 Å². The van der Waals surface area contributed by atoms with Gasteiger partial charge < -0.3 is 15.1 Å². The summed E-state index contributed by atoms with van der Waals surface area (Å²) >= 11 is 0. The largest absolute Gasteiger partial charge is 0.363 e. The van der Waals surface area contributed by atoms with E-state index in [1.54, 1.807) is 24.3 Å². The van der Waals surface area contributed by atoms with Crippen LogP contribution in [0.25, 0.3) is 11.4 Å². The Labute approximate surface area is 152 Å². The smallest absolute Gasteiger partial charge is 0.225 e. The van der Waals surface area contributed by atoms with E-state index in [9.17, 15) is 9.59 Å². The van der Waals surface area contributed by atoms with E-state index < -0.39 is 0 Å². The molecule has 8 nitrogen and oxygen atoms in total. The van der Waals surface area contributed by atoms with E-state index in [1.807, 2.05) is 37.2 Å². The summed E-state index contributed by atoms with van der Waals surface area (Å²) in [4.78, 5) is 40.6. The fourth-order valence-corrected chi connectivity index (χ4v) is 2.79. The number of nitrogens with zero attached hydrogens (tertiary/aromatic N) is 5. The van der Waals surface area contributed by atoms with Gasteiger partial charge in [0.15, 0.2) is 5.82 Å². The van der Waals surface area contributed by atoms with Gasteiger partial charge in [-0.1, -0.05) is 0 Å². The van der Waals surface area contributed by atoms with Gasteiger partial charge in [0.25, 0.3) is 0 Å². The van der Waals surface area contributed by atoms with Crippen molar-refractivity contribution in [1.29, 1.82) is 0 Å². The summed E-state index contributed by atoms with van der Waals surface area (Å²) in [6.45, 7) is 0.738.